The Kier molecular flexibility index (Phi) is 3.96. The quantitative estimate of drug-likeness (QED) is 0.901. The van der Waals surface area contributed by atoms with E-state index in [1.165, 1.54) is 12.1 Å². The Bertz CT molecular complexity index is 432. The molecule has 0 aromatic heterocycles. The molecule has 4 heteroatoms. The Morgan fingerprint density at radius 1 is 1.11 bits per heavy atom. The second-order valence-corrected chi connectivity index (χ2v) is 6.00. The highest BCUT2D eigenvalue weighted by molar-refractivity contribution is 6.30. The first-order valence-corrected chi connectivity index (χ1v) is 7.54. The van der Waals surface area contributed by atoms with Crippen LogP contribution in [-0.2, 0) is 0 Å². The van der Waals surface area contributed by atoms with Gasteiger partial charge >= 0.3 is 0 Å². The van der Waals surface area contributed by atoms with Crippen molar-refractivity contribution < 1.29 is 5.11 Å². The summed E-state index contributed by atoms with van der Waals surface area (Å²) in [7, 11) is 0. The molecule has 2 aliphatic rings. The first-order chi connectivity index (χ1) is 9.24. The molecule has 1 aliphatic carbocycles. The molecule has 1 saturated carbocycles. The summed E-state index contributed by atoms with van der Waals surface area (Å²) in [6, 6.07) is 8.45. The smallest absolute Gasteiger partial charge is 0.0695 e. The summed E-state index contributed by atoms with van der Waals surface area (Å²) in [6.07, 6.45) is 3.18. The van der Waals surface area contributed by atoms with Crippen LogP contribution in [0, 0.1) is 0 Å². The lowest BCUT2D eigenvalue weighted by atomic mass is 10.1. The second kappa shape index (κ2) is 5.70. The van der Waals surface area contributed by atoms with E-state index < -0.39 is 0 Å². The SMILES string of the molecule is O[C@H]1CCC[C@@H]1N1CCN(c2cccc(Cl)c2)CC1. The maximum absolute atomic E-state index is 9.99. The van der Waals surface area contributed by atoms with E-state index in [9.17, 15) is 5.11 Å². The van der Waals surface area contributed by atoms with Gasteiger partial charge in [0.25, 0.3) is 0 Å². The van der Waals surface area contributed by atoms with Crippen molar-refractivity contribution in [1.82, 2.24) is 4.90 Å². The third kappa shape index (κ3) is 2.88. The number of hydrogen-bond acceptors (Lipinski definition) is 3. The molecule has 1 aromatic rings. The average Bonchev–Trinajstić information content (AvgIpc) is 2.85. The van der Waals surface area contributed by atoms with Crippen molar-refractivity contribution in [2.24, 2.45) is 0 Å². The zero-order valence-corrected chi connectivity index (χ0v) is 11.9. The fourth-order valence-electron chi connectivity index (χ4n) is 3.33. The number of hydrogen-bond donors (Lipinski definition) is 1. The Morgan fingerprint density at radius 3 is 2.53 bits per heavy atom. The topological polar surface area (TPSA) is 26.7 Å². The normalized spacial score (nSPS) is 28.8. The first-order valence-electron chi connectivity index (χ1n) is 7.17. The minimum atomic E-state index is -0.113. The van der Waals surface area contributed by atoms with E-state index in [0.717, 1.165) is 44.0 Å². The van der Waals surface area contributed by atoms with Crippen LogP contribution in [0.4, 0.5) is 5.69 Å². The zero-order chi connectivity index (χ0) is 13.2. The summed E-state index contributed by atoms with van der Waals surface area (Å²) in [5.74, 6) is 0. The number of anilines is 1. The molecule has 0 amide bonds. The van der Waals surface area contributed by atoms with E-state index in [-0.39, 0.29) is 6.10 Å². The number of aliphatic hydroxyl groups excluding tert-OH is 1. The number of halogens is 1. The highest BCUT2D eigenvalue weighted by atomic mass is 35.5. The zero-order valence-electron chi connectivity index (χ0n) is 11.1. The van der Waals surface area contributed by atoms with Gasteiger partial charge in [-0.05, 0) is 37.5 Å². The van der Waals surface area contributed by atoms with E-state index >= 15 is 0 Å². The Hall–Kier alpha value is -0.770. The van der Waals surface area contributed by atoms with E-state index in [1.54, 1.807) is 0 Å². The molecule has 2 atom stereocenters. The maximum Gasteiger partial charge on any atom is 0.0695 e. The van der Waals surface area contributed by atoms with Gasteiger partial charge in [0.1, 0.15) is 0 Å². The summed E-state index contributed by atoms with van der Waals surface area (Å²) >= 11 is 6.05. The van der Waals surface area contributed by atoms with E-state index in [1.807, 2.05) is 18.2 Å². The Labute approximate surface area is 119 Å². The monoisotopic (exact) mass is 280 g/mol. The predicted molar refractivity (Wildman–Crippen MR) is 78.9 cm³/mol. The molecule has 0 radical (unpaired) electrons. The van der Waals surface area contributed by atoms with Crippen LogP contribution in [0.25, 0.3) is 0 Å². The molecule has 1 N–H and O–H groups in total. The van der Waals surface area contributed by atoms with Gasteiger partial charge in [0, 0.05) is 42.9 Å². The van der Waals surface area contributed by atoms with Crippen molar-refractivity contribution >= 4 is 17.3 Å². The van der Waals surface area contributed by atoms with Crippen molar-refractivity contribution in [2.45, 2.75) is 31.4 Å². The van der Waals surface area contributed by atoms with Crippen molar-refractivity contribution in [2.75, 3.05) is 31.1 Å². The number of aliphatic hydroxyl groups is 1. The molecule has 3 nitrogen and oxygen atoms in total. The average molecular weight is 281 g/mol. The van der Waals surface area contributed by atoms with E-state index in [2.05, 4.69) is 15.9 Å². The molecule has 0 spiro atoms. The van der Waals surface area contributed by atoms with Gasteiger partial charge in [-0.3, -0.25) is 4.90 Å². The molecule has 1 heterocycles. The molecule has 2 fully saturated rings. The van der Waals surface area contributed by atoms with Gasteiger partial charge in [0.2, 0.25) is 0 Å². The summed E-state index contributed by atoms with van der Waals surface area (Å²) in [5, 5.41) is 10.8. The number of benzene rings is 1. The molecular formula is C15H21ClN2O. The standard InChI is InChI=1S/C15H21ClN2O/c16-12-3-1-4-13(11-12)17-7-9-18(10-8-17)14-5-2-6-15(14)19/h1,3-4,11,14-15,19H,2,5-10H2/t14-,15-/m0/s1. The highest BCUT2D eigenvalue weighted by Crippen LogP contribution is 2.26. The Morgan fingerprint density at radius 2 is 1.89 bits per heavy atom. The van der Waals surface area contributed by atoms with Crippen LogP contribution >= 0.6 is 11.6 Å². The van der Waals surface area contributed by atoms with Gasteiger partial charge in [-0.15, -0.1) is 0 Å². The van der Waals surface area contributed by atoms with Crippen LogP contribution in [0.5, 0.6) is 0 Å². The minimum absolute atomic E-state index is 0.113. The highest BCUT2D eigenvalue weighted by Gasteiger charge is 2.32. The van der Waals surface area contributed by atoms with Gasteiger partial charge < -0.3 is 10.0 Å². The van der Waals surface area contributed by atoms with Gasteiger partial charge in [0.05, 0.1) is 6.10 Å². The van der Waals surface area contributed by atoms with Crippen LogP contribution in [0.2, 0.25) is 5.02 Å². The molecule has 104 valence electrons. The number of nitrogens with zero attached hydrogens (tertiary/aromatic N) is 2. The van der Waals surface area contributed by atoms with Gasteiger partial charge in [-0.25, -0.2) is 0 Å². The Balaban J connectivity index is 1.60. The van der Waals surface area contributed by atoms with Crippen molar-refractivity contribution in [3.63, 3.8) is 0 Å². The fourth-order valence-corrected chi connectivity index (χ4v) is 3.52. The molecule has 1 aromatic carbocycles. The predicted octanol–water partition coefficient (Wildman–Crippen LogP) is 2.38. The van der Waals surface area contributed by atoms with Crippen LogP contribution in [0.1, 0.15) is 19.3 Å². The molecule has 1 aliphatic heterocycles. The van der Waals surface area contributed by atoms with Gasteiger partial charge in [-0.2, -0.15) is 0 Å². The molecule has 0 bridgehead atoms. The van der Waals surface area contributed by atoms with Crippen LogP contribution in [0.3, 0.4) is 0 Å². The molecule has 0 unspecified atom stereocenters. The van der Waals surface area contributed by atoms with Crippen molar-refractivity contribution in [3.05, 3.63) is 29.3 Å². The minimum Gasteiger partial charge on any atom is -0.391 e. The summed E-state index contributed by atoms with van der Waals surface area (Å²) in [5.41, 5.74) is 1.21. The lowest BCUT2D eigenvalue weighted by molar-refractivity contribution is 0.0671. The molecular weight excluding hydrogens is 260 g/mol. The first kappa shape index (κ1) is 13.2. The van der Waals surface area contributed by atoms with E-state index in [4.69, 9.17) is 11.6 Å². The summed E-state index contributed by atoms with van der Waals surface area (Å²) in [6.45, 7) is 4.11. The van der Waals surface area contributed by atoms with Crippen LogP contribution < -0.4 is 4.90 Å². The fraction of sp³-hybridized carbons (Fsp3) is 0.600. The molecule has 1 saturated heterocycles. The van der Waals surface area contributed by atoms with Crippen molar-refractivity contribution in [1.29, 1.82) is 0 Å². The van der Waals surface area contributed by atoms with Crippen LogP contribution in [-0.4, -0.2) is 48.3 Å². The van der Waals surface area contributed by atoms with E-state index in [0.29, 0.717) is 6.04 Å². The lowest BCUT2D eigenvalue weighted by Crippen LogP contribution is -2.52. The maximum atomic E-state index is 9.99. The molecule has 3 rings (SSSR count). The second-order valence-electron chi connectivity index (χ2n) is 5.57. The van der Waals surface area contributed by atoms with Crippen LogP contribution in [0.15, 0.2) is 24.3 Å². The summed E-state index contributed by atoms with van der Waals surface area (Å²) in [4.78, 5) is 4.84. The summed E-state index contributed by atoms with van der Waals surface area (Å²) < 4.78 is 0. The van der Waals surface area contributed by atoms with Crippen molar-refractivity contribution in [3.8, 4) is 0 Å². The number of piperazine rings is 1. The third-order valence-corrected chi connectivity index (χ3v) is 4.64. The van der Waals surface area contributed by atoms with Gasteiger partial charge in [-0.1, -0.05) is 17.7 Å². The third-order valence-electron chi connectivity index (χ3n) is 4.40. The lowest BCUT2D eigenvalue weighted by Gasteiger charge is -2.40. The van der Waals surface area contributed by atoms with Gasteiger partial charge in [0.15, 0.2) is 0 Å². The largest absolute Gasteiger partial charge is 0.391 e. The molecule has 19 heavy (non-hydrogen) atoms. The number of rotatable bonds is 2.